The van der Waals surface area contributed by atoms with Crippen molar-refractivity contribution < 1.29 is 18.4 Å². The van der Waals surface area contributed by atoms with Gasteiger partial charge in [-0.1, -0.05) is 12.1 Å². The fourth-order valence-corrected chi connectivity index (χ4v) is 4.70. The predicted molar refractivity (Wildman–Crippen MR) is 114 cm³/mol. The molecule has 5 rings (SSSR count). The summed E-state index contributed by atoms with van der Waals surface area (Å²) in [5.41, 5.74) is 4.09. The van der Waals surface area contributed by atoms with Crippen LogP contribution >= 0.6 is 0 Å². The summed E-state index contributed by atoms with van der Waals surface area (Å²) in [4.78, 5) is 26.6. The number of imide groups is 1. The van der Waals surface area contributed by atoms with Crippen LogP contribution < -0.4 is 5.32 Å². The van der Waals surface area contributed by atoms with E-state index in [2.05, 4.69) is 23.7 Å². The first kappa shape index (κ1) is 19.5. The maximum Gasteiger partial charge on any atom is 0.259 e. The van der Waals surface area contributed by atoms with Crippen LogP contribution in [0.25, 0.3) is 10.9 Å². The topological polar surface area (TPSA) is 54.3 Å². The highest BCUT2D eigenvalue weighted by molar-refractivity contribution is 6.11. The zero-order valence-corrected chi connectivity index (χ0v) is 17.4. The number of hydrogen-bond acceptors (Lipinski definition) is 3. The Balaban J connectivity index is 1.83. The fourth-order valence-electron chi connectivity index (χ4n) is 4.70. The summed E-state index contributed by atoms with van der Waals surface area (Å²) in [5.74, 6) is -3.33. The van der Waals surface area contributed by atoms with Crippen LogP contribution in [0.1, 0.15) is 43.9 Å². The lowest BCUT2D eigenvalue weighted by atomic mass is 9.84. The smallest absolute Gasteiger partial charge is 0.259 e. The van der Waals surface area contributed by atoms with Crippen molar-refractivity contribution in [1.82, 2.24) is 9.47 Å². The van der Waals surface area contributed by atoms with Gasteiger partial charge in [0.15, 0.2) is 11.6 Å². The van der Waals surface area contributed by atoms with Crippen molar-refractivity contribution >= 4 is 28.4 Å². The van der Waals surface area contributed by atoms with Crippen LogP contribution in [-0.4, -0.2) is 27.8 Å². The van der Waals surface area contributed by atoms with Crippen molar-refractivity contribution in [2.24, 2.45) is 0 Å². The summed E-state index contributed by atoms with van der Waals surface area (Å²) in [6.45, 7) is 5.59. The molecule has 1 aromatic heterocycles. The van der Waals surface area contributed by atoms with Gasteiger partial charge in [0.05, 0.1) is 17.6 Å². The lowest BCUT2D eigenvalue weighted by Gasteiger charge is -2.19. The van der Waals surface area contributed by atoms with E-state index in [1.807, 2.05) is 24.4 Å². The number of nitrogens with one attached hydrogen (secondary N) is 1. The summed E-state index contributed by atoms with van der Waals surface area (Å²) in [6, 6.07) is 9.74. The third kappa shape index (κ3) is 2.80. The summed E-state index contributed by atoms with van der Waals surface area (Å²) in [5, 5.41) is 4.30. The maximum atomic E-state index is 14.2. The molecule has 0 fully saturated rings. The van der Waals surface area contributed by atoms with Crippen LogP contribution in [0.5, 0.6) is 0 Å². The minimum Gasteiger partial charge on any atom is -0.356 e. The third-order valence-electron chi connectivity index (χ3n) is 6.10. The van der Waals surface area contributed by atoms with E-state index in [0.29, 0.717) is 16.8 Å². The number of aromatic nitrogens is 1. The van der Waals surface area contributed by atoms with E-state index in [1.54, 1.807) is 0 Å². The van der Waals surface area contributed by atoms with Crippen molar-refractivity contribution in [1.29, 1.82) is 0 Å². The molecule has 0 radical (unpaired) electrons. The number of benzene rings is 2. The van der Waals surface area contributed by atoms with E-state index >= 15 is 0 Å². The number of amides is 2. The molecule has 31 heavy (non-hydrogen) atoms. The lowest BCUT2D eigenvalue weighted by molar-refractivity contribution is -0.139. The molecule has 0 aliphatic carbocycles. The Morgan fingerprint density at radius 2 is 1.94 bits per heavy atom. The van der Waals surface area contributed by atoms with Crippen LogP contribution in [0.4, 0.5) is 14.5 Å². The molecule has 2 aliphatic heterocycles. The van der Waals surface area contributed by atoms with E-state index in [0.717, 1.165) is 34.3 Å². The summed E-state index contributed by atoms with van der Waals surface area (Å²) in [6.07, 6.45) is 1.98. The fraction of sp³-hybridized carbons (Fsp3) is 0.250. The molecule has 2 amide bonds. The van der Waals surface area contributed by atoms with Crippen LogP contribution in [0.3, 0.4) is 0 Å². The van der Waals surface area contributed by atoms with Crippen LogP contribution in [-0.2, 0) is 9.59 Å². The number of nitrogens with zero attached hydrogens (tertiary/aromatic N) is 2. The second kappa shape index (κ2) is 6.77. The highest BCUT2D eigenvalue weighted by atomic mass is 19.2. The Kier molecular flexibility index (Phi) is 4.25. The van der Waals surface area contributed by atoms with Crippen LogP contribution in [0.15, 0.2) is 53.9 Å². The molecular formula is C24H21F2N3O2. The second-order valence-electron chi connectivity index (χ2n) is 8.32. The van der Waals surface area contributed by atoms with Crippen molar-refractivity contribution in [3.05, 3.63) is 76.6 Å². The van der Waals surface area contributed by atoms with Gasteiger partial charge in [-0.05, 0) is 49.2 Å². The van der Waals surface area contributed by atoms with Crippen LogP contribution in [0.2, 0.25) is 0 Å². The minimum absolute atomic E-state index is 0.120. The number of carbonyl (C=O) groups is 2. The van der Waals surface area contributed by atoms with Gasteiger partial charge in [-0.25, -0.2) is 8.78 Å². The van der Waals surface area contributed by atoms with Crippen molar-refractivity contribution in [3.8, 4) is 0 Å². The van der Waals surface area contributed by atoms with Gasteiger partial charge in [0.2, 0.25) is 5.91 Å². The molecule has 1 N–H and O–H groups in total. The monoisotopic (exact) mass is 421 g/mol. The summed E-state index contributed by atoms with van der Waals surface area (Å²) >= 11 is 0. The van der Waals surface area contributed by atoms with Gasteiger partial charge in [0.1, 0.15) is 0 Å². The molecule has 1 atom stereocenters. The predicted octanol–water partition coefficient (Wildman–Crippen LogP) is 4.70. The second-order valence-corrected chi connectivity index (χ2v) is 8.32. The number of halogens is 2. The molecule has 7 heteroatoms. The summed E-state index contributed by atoms with van der Waals surface area (Å²) in [7, 11) is 0. The number of carbonyl (C=O) groups excluding carboxylic acids is 2. The Morgan fingerprint density at radius 1 is 1.16 bits per heavy atom. The lowest BCUT2D eigenvalue weighted by Crippen LogP contribution is -2.33. The van der Waals surface area contributed by atoms with Gasteiger partial charge in [0.25, 0.3) is 5.91 Å². The Morgan fingerprint density at radius 3 is 2.61 bits per heavy atom. The number of rotatable bonds is 2. The standard InChI is InChI=1S/C24H21F2N3O2/c1-12(2)28-10-15-21(14-7-8-16(25)17(26)9-14)23-19(11-29(13(3)30)24(23)31)27-18-5-4-6-20(28)22(15)18/h4-10,12,21,27H,11H2,1-3H3. The molecule has 2 aliphatic rings. The third-order valence-corrected chi connectivity index (χ3v) is 6.10. The summed E-state index contributed by atoms with van der Waals surface area (Å²) < 4.78 is 30.1. The molecule has 158 valence electrons. The number of anilines is 1. The van der Waals surface area contributed by atoms with Crippen molar-refractivity contribution in [2.45, 2.75) is 32.7 Å². The van der Waals surface area contributed by atoms with Gasteiger partial charge >= 0.3 is 0 Å². The molecule has 3 heterocycles. The highest BCUT2D eigenvalue weighted by Gasteiger charge is 2.41. The Labute approximate surface area is 178 Å². The van der Waals surface area contributed by atoms with Gasteiger partial charge in [0, 0.05) is 41.9 Å². The van der Waals surface area contributed by atoms with Gasteiger partial charge < -0.3 is 9.88 Å². The first-order valence-electron chi connectivity index (χ1n) is 10.2. The van der Waals surface area contributed by atoms with Crippen molar-refractivity contribution in [2.75, 3.05) is 11.9 Å². The Bertz CT molecular complexity index is 1310. The van der Waals surface area contributed by atoms with E-state index < -0.39 is 23.5 Å². The highest BCUT2D eigenvalue weighted by Crippen LogP contribution is 2.47. The average molecular weight is 421 g/mol. The first-order valence-corrected chi connectivity index (χ1v) is 10.2. The van der Waals surface area contributed by atoms with E-state index in [4.69, 9.17) is 0 Å². The molecule has 2 aromatic carbocycles. The molecule has 0 saturated heterocycles. The largest absolute Gasteiger partial charge is 0.356 e. The van der Waals surface area contributed by atoms with E-state index in [1.165, 1.54) is 17.9 Å². The van der Waals surface area contributed by atoms with E-state index in [9.17, 15) is 18.4 Å². The Hall–Kier alpha value is -3.48. The molecule has 1 unspecified atom stereocenters. The zero-order valence-electron chi connectivity index (χ0n) is 17.4. The molecule has 0 bridgehead atoms. The first-order chi connectivity index (χ1) is 14.8. The van der Waals surface area contributed by atoms with Gasteiger partial charge in [-0.2, -0.15) is 0 Å². The quantitative estimate of drug-likeness (QED) is 0.653. The zero-order chi connectivity index (χ0) is 22.0. The maximum absolute atomic E-state index is 14.2. The van der Waals surface area contributed by atoms with E-state index in [-0.39, 0.29) is 18.5 Å². The van der Waals surface area contributed by atoms with Crippen molar-refractivity contribution in [3.63, 3.8) is 0 Å². The minimum atomic E-state index is -0.974. The van der Waals surface area contributed by atoms with Crippen LogP contribution in [0, 0.1) is 11.6 Å². The average Bonchev–Trinajstić information content (AvgIpc) is 3.21. The molecule has 0 spiro atoms. The van der Waals surface area contributed by atoms with Gasteiger partial charge in [-0.3, -0.25) is 14.5 Å². The number of hydrogen-bond donors (Lipinski definition) is 1. The van der Waals surface area contributed by atoms with Gasteiger partial charge in [-0.15, -0.1) is 0 Å². The SMILES string of the molecule is CC(=O)N1CC2=C(C1=O)C(c1ccc(F)c(F)c1)c1cn(C(C)C)c3cccc(c13)N2. The molecule has 5 nitrogen and oxygen atoms in total. The molecule has 0 saturated carbocycles. The molecular weight excluding hydrogens is 400 g/mol. The normalized spacial score (nSPS) is 17.9. The molecule has 3 aromatic rings.